The molecule has 7 nitrogen and oxygen atoms in total. The van der Waals surface area contributed by atoms with Crippen molar-refractivity contribution in [3.05, 3.63) is 99.6 Å². The number of carbonyl (C=O) groups excluding carboxylic acids is 1. The lowest BCUT2D eigenvalue weighted by molar-refractivity contribution is 0.0634. The molecule has 0 bridgehead atoms. The van der Waals surface area contributed by atoms with Gasteiger partial charge in [0.25, 0.3) is 11.5 Å². The van der Waals surface area contributed by atoms with E-state index >= 15 is 0 Å². The largest absolute Gasteiger partial charge is 0.497 e. The lowest BCUT2D eigenvalue weighted by atomic mass is 10.1. The molecule has 0 aliphatic carbocycles. The molecule has 0 spiro atoms. The Morgan fingerprint density at radius 2 is 1.73 bits per heavy atom. The minimum atomic E-state index is -0.473. The van der Waals surface area contributed by atoms with Gasteiger partial charge in [0.2, 0.25) is 0 Å². The molecule has 1 heterocycles. The molecular weight excluding hydrogens is 490 g/mol. The van der Waals surface area contributed by atoms with E-state index in [-0.39, 0.29) is 11.5 Å². The van der Waals surface area contributed by atoms with Crippen molar-refractivity contribution >= 4 is 28.4 Å². The van der Waals surface area contributed by atoms with Crippen LogP contribution >= 0.6 is 11.6 Å². The Balaban J connectivity index is 1.90. The van der Waals surface area contributed by atoms with Crippen LogP contribution < -0.4 is 10.3 Å². The van der Waals surface area contributed by atoms with Crippen molar-refractivity contribution in [2.24, 2.45) is 0 Å². The number of benzene rings is 3. The van der Waals surface area contributed by atoms with E-state index in [2.05, 4.69) is 0 Å². The second-order valence-corrected chi connectivity index (χ2v) is 9.04. The average molecular weight is 520 g/mol. The number of carbonyl (C=O) groups is 1. The van der Waals surface area contributed by atoms with Crippen molar-refractivity contribution in [3.63, 3.8) is 0 Å². The van der Waals surface area contributed by atoms with Crippen molar-refractivity contribution in [1.82, 2.24) is 14.5 Å². The van der Waals surface area contributed by atoms with E-state index in [1.54, 1.807) is 66.2 Å². The summed E-state index contributed by atoms with van der Waals surface area (Å²) in [7, 11) is 3.23. The van der Waals surface area contributed by atoms with Crippen LogP contribution in [0.15, 0.2) is 77.6 Å². The molecule has 192 valence electrons. The van der Waals surface area contributed by atoms with E-state index in [9.17, 15) is 9.59 Å². The van der Waals surface area contributed by atoms with Crippen LogP contribution in [0.2, 0.25) is 5.02 Å². The summed E-state index contributed by atoms with van der Waals surface area (Å²) in [6.45, 7) is 2.92. The van der Waals surface area contributed by atoms with E-state index in [0.29, 0.717) is 64.7 Å². The summed E-state index contributed by atoms with van der Waals surface area (Å²) in [5.41, 5.74) is 1.55. The molecule has 0 saturated carbocycles. The zero-order valence-corrected chi connectivity index (χ0v) is 21.9. The van der Waals surface area contributed by atoms with Crippen LogP contribution in [0.4, 0.5) is 0 Å². The fraction of sp³-hybridized carbons (Fsp3) is 0.276. The van der Waals surface area contributed by atoms with Crippen LogP contribution in [0.1, 0.15) is 42.0 Å². The van der Waals surface area contributed by atoms with Gasteiger partial charge in [-0.05, 0) is 73.5 Å². The van der Waals surface area contributed by atoms with Gasteiger partial charge in [0, 0.05) is 30.8 Å². The number of halogens is 1. The SMILES string of the molecule is CCC(c1nc2ccccc2c(=O)n1-c1ccc(OC)cc1)N(CCCOC)C(=O)c1ccc(Cl)cc1. The zero-order valence-electron chi connectivity index (χ0n) is 21.2. The van der Waals surface area contributed by atoms with Gasteiger partial charge in [-0.2, -0.15) is 0 Å². The number of fused-ring (bicyclic) bond motifs is 1. The van der Waals surface area contributed by atoms with Gasteiger partial charge in [-0.3, -0.25) is 14.2 Å². The van der Waals surface area contributed by atoms with Gasteiger partial charge in [0.15, 0.2) is 0 Å². The first kappa shape index (κ1) is 26.4. The second kappa shape index (κ2) is 12.0. The van der Waals surface area contributed by atoms with Gasteiger partial charge in [0.1, 0.15) is 11.6 Å². The van der Waals surface area contributed by atoms with Crippen LogP contribution in [-0.2, 0) is 4.74 Å². The molecule has 3 aromatic carbocycles. The average Bonchev–Trinajstić information content (AvgIpc) is 2.93. The standard InChI is InChI=1S/C29H30ClN3O4/c1-4-26(32(18-7-19-36-2)28(34)20-10-12-21(30)13-11-20)27-31-25-9-6-5-8-24(25)29(35)33(27)22-14-16-23(37-3)17-15-22/h5-6,8-17,26H,4,7,18-19H2,1-3H3. The van der Waals surface area contributed by atoms with Crippen molar-refractivity contribution < 1.29 is 14.3 Å². The van der Waals surface area contributed by atoms with Gasteiger partial charge >= 0.3 is 0 Å². The number of amides is 1. The number of hydrogen-bond donors (Lipinski definition) is 0. The Kier molecular flexibility index (Phi) is 8.58. The van der Waals surface area contributed by atoms with Gasteiger partial charge < -0.3 is 14.4 Å². The Bertz CT molecular complexity index is 1420. The molecule has 0 aliphatic heterocycles. The predicted octanol–water partition coefficient (Wildman–Crippen LogP) is 5.68. The van der Waals surface area contributed by atoms with Gasteiger partial charge in [-0.15, -0.1) is 0 Å². The van der Waals surface area contributed by atoms with Gasteiger partial charge in [0.05, 0.1) is 29.7 Å². The van der Waals surface area contributed by atoms with Gasteiger partial charge in [-0.25, -0.2) is 4.98 Å². The molecule has 1 atom stereocenters. The molecule has 1 amide bonds. The van der Waals surface area contributed by atoms with Crippen LogP contribution in [0.5, 0.6) is 5.75 Å². The van der Waals surface area contributed by atoms with Crippen LogP contribution in [-0.4, -0.2) is 47.7 Å². The summed E-state index contributed by atoms with van der Waals surface area (Å²) in [4.78, 5) is 34.4. The highest BCUT2D eigenvalue weighted by atomic mass is 35.5. The molecular formula is C29H30ClN3O4. The quantitative estimate of drug-likeness (QED) is 0.252. The first-order valence-corrected chi connectivity index (χ1v) is 12.6. The first-order chi connectivity index (χ1) is 18.0. The lowest BCUT2D eigenvalue weighted by Gasteiger charge is -2.32. The smallest absolute Gasteiger partial charge is 0.266 e. The number of ether oxygens (including phenoxy) is 2. The summed E-state index contributed by atoms with van der Waals surface area (Å²) < 4.78 is 12.2. The predicted molar refractivity (Wildman–Crippen MR) is 146 cm³/mol. The zero-order chi connectivity index (χ0) is 26.4. The molecule has 4 aromatic rings. The van der Waals surface area contributed by atoms with Crippen molar-refractivity contribution in [2.75, 3.05) is 27.4 Å². The minimum absolute atomic E-state index is 0.164. The first-order valence-electron chi connectivity index (χ1n) is 12.2. The molecule has 0 radical (unpaired) electrons. The fourth-order valence-corrected chi connectivity index (χ4v) is 4.56. The third-order valence-corrected chi connectivity index (χ3v) is 6.54. The maximum absolute atomic E-state index is 13.8. The summed E-state index contributed by atoms with van der Waals surface area (Å²) in [5, 5.41) is 1.06. The van der Waals surface area contributed by atoms with E-state index < -0.39 is 6.04 Å². The third kappa shape index (κ3) is 5.68. The second-order valence-electron chi connectivity index (χ2n) is 8.60. The summed E-state index contributed by atoms with van der Waals surface area (Å²) in [5.74, 6) is 1.01. The number of para-hydroxylation sites is 1. The van der Waals surface area contributed by atoms with Crippen molar-refractivity contribution in [1.29, 1.82) is 0 Å². The Hall–Kier alpha value is -3.68. The number of methoxy groups -OCH3 is 2. The molecule has 0 fully saturated rings. The molecule has 1 unspecified atom stereocenters. The lowest BCUT2D eigenvalue weighted by Crippen LogP contribution is -2.39. The third-order valence-electron chi connectivity index (χ3n) is 6.29. The number of aromatic nitrogens is 2. The van der Waals surface area contributed by atoms with E-state index in [4.69, 9.17) is 26.1 Å². The molecule has 8 heteroatoms. The summed E-state index contributed by atoms with van der Waals surface area (Å²) in [6.07, 6.45) is 1.18. The Morgan fingerprint density at radius 3 is 2.38 bits per heavy atom. The summed E-state index contributed by atoms with van der Waals surface area (Å²) >= 11 is 6.07. The van der Waals surface area contributed by atoms with Crippen LogP contribution in [0, 0.1) is 0 Å². The minimum Gasteiger partial charge on any atom is -0.497 e. The molecule has 0 saturated heterocycles. The van der Waals surface area contributed by atoms with E-state index in [1.165, 1.54) is 0 Å². The molecule has 0 aliphatic rings. The van der Waals surface area contributed by atoms with Crippen LogP contribution in [0.25, 0.3) is 16.6 Å². The molecule has 0 N–H and O–H groups in total. The number of nitrogens with zero attached hydrogens (tertiary/aromatic N) is 3. The maximum atomic E-state index is 13.8. The van der Waals surface area contributed by atoms with Gasteiger partial charge in [-0.1, -0.05) is 30.7 Å². The Labute approximate surface area is 221 Å². The van der Waals surface area contributed by atoms with E-state index in [0.717, 1.165) is 0 Å². The number of rotatable bonds is 10. The maximum Gasteiger partial charge on any atom is 0.266 e. The molecule has 4 rings (SSSR count). The normalized spacial score (nSPS) is 11.9. The monoisotopic (exact) mass is 519 g/mol. The highest BCUT2D eigenvalue weighted by Crippen LogP contribution is 2.28. The highest BCUT2D eigenvalue weighted by Gasteiger charge is 2.29. The van der Waals surface area contributed by atoms with Crippen molar-refractivity contribution in [2.45, 2.75) is 25.8 Å². The molecule has 37 heavy (non-hydrogen) atoms. The topological polar surface area (TPSA) is 73.7 Å². The van der Waals surface area contributed by atoms with Crippen LogP contribution in [0.3, 0.4) is 0 Å². The van der Waals surface area contributed by atoms with E-state index in [1.807, 2.05) is 37.3 Å². The number of hydrogen-bond acceptors (Lipinski definition) is 5. The molecule has 1 aromatic heterocycles. The van der Waals surface area contributed by atoms with Crippen molar-refractivity contribution in [3.8, 4) is 11.4 Å². The fourth-order valence-electron chi connectivity index (χ4n) is 4.43. The summed E-state index contributed by atoms with van der Waals surface area (Å²) in [6, 6.07) is 20.9. The highest BCUT2D eigenvalue weighted by molar-refractivity contribution is 6.30. The Morgan fingerprint density at radius 1 is 1.03 bits per heavy atom.